The summed E-state index contributed by atoms with van der Waals surface area (Å²) in [4.78, 5) is 20.6. The van der Waals surface area contributed by atoms with Crippen molar-refractivity contribution in [3.8, 4) is 17.5 Å². The second kappa shape index (κ2) is 9.28. The summed E-state index contributed by atoms with van der Waals surface area (Å²) in [7, 11) is 0. The van der Waals surface area contributed by atoms with Gasteiger partial charge in [0.1, 0.15) is 0 Å². The number of aromatic hydroxyl groups is 1. The van der Waals surface area contributed by atoms with Crippen LogP contribution < -0.4 is 0 Å². The molecule has 1 aliphatic rings. The molecule has 33 heavy (non-hydrogen) atoms. The Hall–Kier alpha value is -2.69. The molecule has 2 atom stereocenters. The molecule has 2 unspecified atom stereocenters. The van der Waals surface area contributed by atoms with E-state index in [4.69, 9.17) is 9.15 Å². The third-order valence-electron chi connectivity index (χ3n) is 5.79. The number of benzene rings is 1. The fraction of sp³-hybridized carbons (Fsp3) is 0.348. The van der Waals surface area contributed by atoms with Crippen molar-refractivity contribution in [1.82, 2.24) is 19.5 Å². The highest BCUT2D eigenvalue weighted by Gasteiger charge is 2.35. The van der Waals surface area contributed by atoms with Crippen molar-refractivity contribution in [2.24, 2.45) is 5.92 Å². The van der Waals surface area contributed by atoms with Gasteiger partial charge in [-0.1, -0.05) is 39.4 Å². The fourth-order valence-electron chi connectivity index (χ4n) is 4.34. The van der Waals surface area contributed by atoms with Crippen LogP contribution >= 0.6 is 27.3 Å². The van der Waals surface area contributed by atoms with E-state index in [2.05, 4.69) is 30.9 Å². The van der Waals surface area contributed by atoms with Crippen molar-refractivity contribution in [3.05, 3.63) is 57.6 Å². The van der Waals surface area contributed by atoms with Gasteiger partial charge >= 0.3 is 5.97 Å². The molecule has 4 aromatic rings. The highest BCUT2D eigenvalue weighted by atomic mass is 79.9. The lowest BCUT2D eigenvalue weighted by atomic mass is 9.94. The van der Waals surface area contributed by atoms with Crippen LogP contribution in [-0.4, -0.2) is 50.3 Å². The number of aromatic nitrogens is 3. The zero-order valence-corrected chi connectivity index (χ0v) is 20.4. The molecular formula is C23H23BrN4O4S. The number of fused-ring (bicyclic) bond motifs is 1. The third-order valence-corrected chi connectivity index (χ3v) is 7.36. The number of nitrogens with zero attached hydrogens (tertiary/aromatic N) is 4. The monoisotopic (exact) mass is 530 g/mol. The highest BCUT2D eigenvalue weighted by Crippen LogP contribution is 2.42. The van der Waals surface area contributed by atoms with Crippen molar-refractivity contribution < 1.29 is 19.1 Å². The van der Waals surface area contributed by atoms with E-state index in [-0.39, 0.29) is 23.8 Å². The summed E-state index contributed by atoms with van der Waals surface area (Å²) >= 11 is 4.96. The van der Waals surface area contributed by atoms with E-state index in [1.54, 1.807) is 18.4 Å². The van der Waals surface area contributed by atoms with E-state index < -0.39 is 0 Å². The molecule has 0 spiro atoms. The van der Waals surface area contributed by atoms with Gasteiger partial charge in [0.25, 0.3) is 0 Å². The molecule has 172 valence electrons. The smallest absolute Gasteiger partial charge is 0.310 e. The molecule has 1 N–H and O–H groups in total. The molecule has 5 rings (SSSR count). The standard InChI is InChI=1S/C23H23BrN4O4S/c1-2-31-22(30)15-7-4-10-27(13-15)18(14-6-3-8-16(24)12-14)19-21(29)28-23(33-19)25-20(26-28)17-9-5-11-32-17/h3,5-6,8-9,11-12,15,18,29H,2,4,7,10,13H2,1H3. The summed E-state index contributed by atoms with van der Waals surface area (Å²) in [5.41, 5.74) is 1.01. The third kappa shape index (κ3) is 4.30. The first kappa shape index (κ1) is 22.1. The zero-order valence-electron chi connectivity index (χ0n) is 18.0. The van der Waals surface area contributed by atoms with E-state index in [1.165, 1.54) is 15.9 Å². The molecule has 0 radical (unpaired) electrons. The molecular weight excluding hydrogens is 508 g/mol. The van der Waals surface area contributed by atoms with Crippen molar-refractivity contribution in [3.63, 3.8) is 0 Å². The highest BCUT2D eigenvalue weighted by molar-refractivity contribution is 9.10. The first-order valence-corrected chi connectivity index (χ1v) is 12.4. The van der Waals surface area contributed by atoms with Crippen LogP contribution in [-0.2, 0) is 9.53 Å². The Morgan fingerprint density at radius 2 is 2.27 bits per heavy atom. The molecule has 3 aromatic heterocycles. The Morgan fingerprint density at radius 3 is 3.00 bits per heavy atom. The van der Waals surface area contributed by atoms with E-state index in [0.717, 1.165) is 34.3 Å². The number of ether oxygens (including phenoxy) is 1. The number of carbonyl (C=O) groups is 1. The minimum Gasteiger partial charge on any atom is -0.492 e. The molecule has 0 bridgehead atoms. The maximum absolute atomic E-state index is 12.5. The summed E-state index contributed by atoms with van der Waals surface area (Å²) < 4.78 is 13.1. The van der Waals surface area contributed by atoms with E-state index in [9.17, 15) is 9.90 Å². The Labute approximate surface area is 202 Å². The molecule has 0 aliphatic carbocycles. The molecule has 4 heterocycles. The van der Waals surface area contributed by atoms with Crippen LogP contribution in [0.25, 0.3) is 16.5 Å². The summed E-state index contributed by atoms with van der Waals surface area (Å²) in [6, 6.07) is 11.3. The van der Waals surface area contributed by atoms with E-state index in [1.807, 2.05) is 31.2 Å². The maximum atomic E-state index is 12.5. The lowest BCUT2D eigenvalue weighted by Crippen LogP contribution is -2.41. The van der Waals surface area contributed by atoms with Gasteiger partial charge in [0.15, 0.2) is 5.76 Å². The van der Waals surface area contributed by atoms with Crippen LogP contribution in [0.3, 0.4) is 0 Å². The van der Waals surface area contributed by atoms with Crippen LogP contribution in [0.2, 0.25) is 0 Å². The van der Waals surface area contributed by atoms with E-state index >= 15 is 0 Å². The van der Waals surface area contributed by atoms with Gasteiger partial charge in [0, 0.05) is 11.0 Å². The number of esters is 1. The molecule has 1 saturated heterocycles. The number of hydrogen-bond donors (Lipinski definition) is 1. The lowest BCUT2D eigenvalue weighted by Gasteiger charge is -2.37. The number of furan rings is 1. The van der Waals surface area contributed by atoms with Gasteiger partial charge in [-0.15, -0.1) is 5.10 Å². The second-order valence-electron chi connectivity index (χ2n) is 7.94. The molecule has 0 amide bonds. The van der Waals surface area contributed by atoms with Gasteiger partial charge in [-0.3, -0.25) is 9.69 Å². The van der Waals surface area contributed by atoms with Gasteiger partial charge in [-0.25, -0.2) is 0 Å². The molecule has 10 heteroatoms. The zero-order chi connectivity index (χ0) is 22.9. The Kier molecular flexibility index (Phi) is 6.22. The Bertz CT molecular complexity index is 1270. The predicted molar refractivity (Wildman–Crippen MR) is 127 cm³/mol. The fourth-order valence-corrected chi connectivity index (χ4v) is 5.87. The summed E-state index contributed by atoms with van der Waals surface area (Å²) in [5.74, 6) is 0.660. The van der Waals surface area contributed by atoms with Crippen molar-refractivity contribution in [1.29, 1.82) is 0 Å². The normalized spacial score (nSPS) is 17.9. The van der Waals surface area contributed by atoms with E-state index in [0.29, 0.717) is 29.7 Å². The van der Waals surface area contributed by atoms with Crippen LogP contribution in [0.15, 0.2) is 51.6 Å². The van der Waals surface area contributed by atoms with Gasteiger partial charge in [-0.05, 0) is 56.1 Å². The molecule has 1 fully saturated rings. The number of carbonyl (C=O) groups excluding carboxylic acids is 1. The molecule has 1 aromatic carbocycles. The van der Waals surface area contributed by atoms with Gasteiger partial charge in [-0.2, -0.15) is 9.50 Å². The molecule has 0 saturated carbocycles. The number of halogens is 1. The van der Waals surface area contributed by atoms with Crippen molar-refractivity contribution in [2.75, 3.05) is 19.7 Å². The Balaban J connectivity index is 1.55. The lowest BCUT2D eigenvalue weighted by molar-refractivity contribution is -0.150. The number of hydrogen-bond acceptors (Lipinski definition) is 8. The minimum absolute atomic E-state index is 0.0449. The molecule has 8 nitrogen and oxygen atoms in total. The van der Waals surface area contributed by atoms with Crippen molar-refractivity contribution >= 4 is 38.2 Å². The second-order valence-corrected chi connectivity index (χ2v) is 9.87. The topological polar surface area (TPSA) is 93.1 Å². The average molecular weight is 531 g/mol. The average Bonchev–Trinajstić information content (AvgIpc) is 3.54. The molecule has 1 aliphatic heterocycles. The summed E-state index contributed by atoms with van der Waals surface area (Å²) in [5, 5.41) is 15.7. The van der Waals surface area contributed by atoms with Crippen LogP contribution in [0.5, 0.6) is 5.88 Å². The van der Waals surface area contributed by atoms with Gasteiger partial charge in [0.2, 0.25) is 16.7 Å². The largest absolute Gasteiger partial charge is 0.492 e. The van der Waals surface area contributed by atoms with Crippen molar-refractivity contribution in [2.45, 2.75) is 25.8 Å². The van der Waals surface area contributed by atoms with Crippen LogP contribution in [0, 0.1) is 5.92 Å². The number of rotatable bonds is 6. The summed E-state index contributed by atoms with van der Waals surface area (Å²) in [6.45, 7) is 3.56. The summed E-state index contributed by atoms with van der Waals surface area (Å²) in [6.07, 6.45) is 3.24. The van der Waals surface area contributed by atoms with Crippen LogP contribution in [0.4, 0.5) is 0 Å². The number of thiazole rings is 1. The first-order valence-electron chi connectivity index (χ1n) is 10.8. The number of likely N-dealkylation sites (tertiary alicyclic amines) is 1. The minimum atomic E-state index is -0.250. The van der Waals surface area contributed by atoms with Crippen LogP contribution in [0.1, 0.15) is 36.2 Å². The number of piperidine rings is 1. The Morgan fingerprint density at radius 1 is 1.39 bits per heavy atom. The predicted octanol–water partition coefficient (Wildman–Crippen LogP) is 4.88. The SMILES string of the molecule is CCOC(=O)C1CCCN(C(c2cccc(Br)c2)c2sc3nc(-c4ccco4)nn3c2O)C1. The van der Waals surface area contributed by atoms with Gasteiger partial charge in [0.05, 0.1) is 29.7 Å². The quantitative estimate of drug-likeness (QED) is 0.355. The maximum Gasteiger partial charge on any atom is 0.310 e. The van der Waals surface area contributed by atoms with Gasteiger partial charge < -0.3 is 14.3 Å². The first-order chi connectivity index (χ1) is 16.0.